The van der Waals surface area contributed by atoms with E-state index < -0.39 is 0 Å². The number of carbonyl (C=O) groups is 1. The van der Waals surface area contributed by atoms with Crippen molar-refractivity contribution in [3.63, 3.8) is 0 Å². The molecule has 2 aromatic rings. The number of ketones is 1. The highest BCUT2D eigenvalue weighted by molar-refractivity contribution is 5.96. The molecule has 2 rings (SSSR count). The van der Waals surface area contributed by atoms with Gasteiger partial charge in [-0.25, -0.2) is 0 Å². The van der Waals surface area contributed by atoms with E-state index in [0.29, 0.717) is 12.0 Å². The fraction of sp³-hybridized carbons (Fsp3) is 0.154. The zero-order valence-corrected chi connectivity index (χ0v) is 8.80. The highest BCUT2D eigenvalue weighted by Gasteiger charge is 2.13. The van der Waals surface area contributed by atoms with E-state index in [-0.39, 0.29) is 11.8 Å². The maximum atomic E-state index is 11.7. The van der Waals surface area contributed by atoms with E-state index >= 15 is 0 Å². The van der Waals surface area contributed by atoms with Crippen molar-refractivity contribution >= 4 is 5.78 Å². The number of carbonyl (C=O) groups excluding carboxylic acids is 1. The van der Waals surface area contributed by atoms with Gasteiger partial charge in [0, 0.05) is 12.5 Å². The van der Waals surface area contributed by atoms with E-state index in [1.54, 1.807) is 6.07 Å². The van der Waals surface area contributed by atoms with Crippen molar-refractivity contribution in [2.24, 2.45) is 5.73 Å². The predicted octanol–water partition coefficient (Wildman–Crippen LogP) is 2.55. The van der Waals surface area contributed by atoms with Gasteiger partial charge in [-0.05, 0) is 11.6 Å². The van der Waals surface area contributed by atoms with Crippen LogP contribution in [0.15, 0.2) is 53.3 Å². The van der Waals surface area contributed by atoms with Gasteiger partial charge in [-0.3, -0.25) is 4.79 Å². The van der Waals surface area contributed by atoms with Gasteiger partial charge < -0.3 is 10.2 Å². The van der Waals surface area contributed by atoms with E-state index in [2.05, 4.69) is 0 Å². The topological polar surface area (TPSA) is 56.2 Å². The lowest BCUT2D eigenvalue weighted by Crippen LogP contribution is -2.15. The Hall–Kier alpha value is -1.87. The predicted molar refractivity (Wildman–Crippen MR) is 61.0 cm³/mol. The molecular formula is C13H13NO2. The third kappa shape index (κ3) is 2.38. The van der Waals surface area contributed by atoms with Crippen LogP contribution in [0, 0.1) is 0 Å². The second-order valence-electron chi connectivity index (χ2n) is 3.66. The zero-order chi connectivity index (χ0) is 11.4. The van der Waals surface area contributed by atoms with Crippen molar-refractivity contribution in [3.8, 4) is 0 Å². The Morgan fingerprint density at radius 3 is 2.62 bits per heavy atom. The first kappa shape index (κ1) is 10.6. The Kier molecular flexibility index (Phi) is 3.17. The standard InChI is InChI=1S/C13H13NO2/c14-12(10-4-2-1-3-5-10)8-13(15)11-6-7-16-9-11/h1-7,9,12H,8,14H2. The summed E-state index contributed by atoms with van der Waals surface area (Å²) in [4.78, 5) is 11.7. The summed E-state index contributed by atoms with van der Waals surface area (Å²) in [6.07, 6.45) is 3.23. The van der Waals surface area contributed by atoms with Gasteiger partial charge in [-0.15, -0.1) is 0 Å². The molecule has 0 fully saturated rings. The van der Waals surface area contributed by atoms with Crippen LogP contribution in [0.3, 0.4) is 0 Å². The van der Waals surface area contributed by atoms with Crippen LogP contribution < -0.4 is 5.73 Å². The van der Waals surface area contributed by atoms with Crippen molar-refractivity contribution < 1.29 is 9.21 Å². The van der Waals surface area contributed by atoms with Gasteiger partial charge in [0.1, 0.15) is 6.26 Å². The number of Topliss-reactive ketones (excluding diaryl/α,β-unsaturated/α-hetero) is 1. The average molecular weight is 215 g/mol. The Labute approximate surface area is 93.9 Å². The quantitative estimate of drug-likeness (QED) is 0.797. The van der Waals surface area contributed by atoms with Crippen LogP contribution in [0.2, 0.25) is 0 Å². The minimum atomic E-state index is -0.261. The summed E-state index contributed by atoms with van der Waals surface area (Å²) in [6, 6.07) is 11.0. The van der Waals surface area contributed by atoms with Crippen molar-refractivity contribution in [3.05, 3.63) is 60.1 Å². The lowest BCUT2D eigenvalue weighted by Gasteiger charge is -2.09. The molecule has 0 bridgehead atoms. The molecule has 0 radical (unpaired) electrons. The summed E-state index contributed by atoms with van der Waals surface area (Å²) in [5.74, 6) is 0.00473. The minimum absolute atomic E-state index is 0.00473. The van der Waals surface area contributed by atoms with Crippen molar-refractivity contribution in [2.75, 3.05) is 0 Å². The summed E-state index contributed by atoms with van der Waals surface area (Å²) in [7, 11) is 0. The Morgan fingerprint density at radius 1 is 1.25 bits per heavy atom. The maximum absolute atomic E-state index is 11.7. The summed E-state index contributed by atoms with van der Waals surface area (Å²) in [5.41, 5.74) is 7.50. The first-order valence-electron chi connectivity index (χ1n) is 5.13. The molecule has 0 aliphatic rings. The maximum Gasteiger partial charge on any atom is 0.167 e. The highest BCUT2D eigenvalue weighted by atomic mass is 16.3. The normalized spacial score (nSPS) is 12.3. The van der Waals surface area contributed by atoms with Gasteiger partial charge in [0.05, 0.1) is 11.8 Å². The molecule has 0 spiro atoms. The molecule has 1 aromatic heterocycles. The van der Waals surface area contributed by atoms with Gasteiger partial charge >= 0.3 is 0 Å². The fourth-order valence-corrected chi connectivity index (χ4v) is 1.56. The van der Waals surface area contributed by atoms with Crippen LogP contribution >= 0.6 is 0 Å². The SMILES string of the molecule is NC(CC(=O)c1ccoc1)c1ccccc1. The molecule has 3 heteroatoms. The number of benzene rings is 1. The van der Waals surface area contributed by atoms with E-state index in [0.717, 1.165) is 5.56 Å². The molecule has 0 aliphatic heterocycles. The summed E-state index contributed by atoms with van der Waals surface area (Å²) in [6.45, 7) is 0. The van der Waals surface area contributed by atoms with Crippen LogP contribution in [0.1, 0.15) is 28.4 Å². The second-order valence-corrected chi connectivity index (χ2v) is 3.66. The zero-order valence-electron chi connectivity index (χ0n) is 8.80. The molecular weight excluding hydrogens is 202 g/mol. The second kappa shape index (κ2) is 4.77. The molecule has 1 atom stereocenters. The van der Waals surface area contributed by atoms with Gasteiger partial charge in [0.25, 0.3) is 0 Å². The average Bonchev–Trinajstić information content (AvgIpc) is 2.83. The number of hydrogen-bond donors (Lipinski definition) is 1. The van der Waals surface area contributed by atoms with Gasteiger partial charge in [0.15, 0.2) is 5.78 Å². The molecule has 3 nitrogen and oxygen atoms in total. The third-order valence-corrected chi connectivity index (χ3v) is 2.48. The van der Waals surface area contributed by atoms with Gasteiger partial charge in [0.2, 0.25) is 0 Å². The molecule has 0 saturated heterocycles. The Balaban J connectivity index is 2.03. The number of furan rings is 1. The highest BCUT2D eigenvalue weighted by Crippen LogP contribution is 2.16. The first-order chi connectivity index (χ1) is 7.77. The van der Waals surface area contributed by atoms with Crippen molar-refractivity contribution in [1.29, 1.82) is 0 Å². The summed E-state index contributed by atoms with van der Waals surface area (Å²) < 4.78 is 4.86. The minimum Gasteiger partial charge on any atom is -0.472 e. The molecule has 0 amide bonds. The third-order valence-electron chi connectivity index (χ3n) is 2.48. The summed E-state index contributed by atoms with van der Waals surface area (Å²) >= 11 is 0. The monoisotopic (exact) mass is 215 g/mol. The molecule has 2 N–H and O–H groups in total. The van der Waals surface area contributed by atoms with Crippen LogP contribution in [-0.2, 0) is 0 Å². The Morgan fingerprint density at radius 2 is 2.00 bits per heavy atom. The molecule has 1 unspecified atom stereocenters. The lowest BCUT2D eigenvalue weighted by atomic mass is 10.0. The molecule has 0 saturated carbocycles. The Bertz CT molecular complexity index is 448. The van der Waals surface area contributed by atoms with Gasteiger partial charge in [-0.1, -0.05) is 30.3 Å². The van der Waals surface area contributed by atoms with E-state index in [1.807, 2.05) is 30.3 Å². The molecule has 1 aromatic carbocycles. The number of nitrogens with two attached hydrogens (primary N) is 1. The van der Waals surface area contributed by atoms with E-state index in [4.69, 9.17) is 10.2 Å². The summed E-state index contributed by atoms with van der Waals surface area (Å²) in [5, 5.41) is 0. The van der Waals surface area contributed by atoms with Crippen LogP contribution in [-0.4, -0.2) is 5.78 Å². The fourth-order valence-electron chi connectivity index (χ4n) is 1.56. The van der Waals surface area contributed by atoms with Crippen molar-refractivity contribution in [1.82, 2.24) is 0 Å². The molecule has 1 heterocycles. The molecule has 82 valence electrons. The first-order valence-corrected chi connectivity index (χ1v) is 5.13. The number of hydrogen-bond acceptors (Lipinski definition) is 3. The number of rotatable bonds is 4. The van der Waals surface area contributed by atoms with E-state index in [9.17, 15) is 4.79 Å². The smallest absolute Gasteiger partial charge is 0.167 e. The van der Waals surface area contributed by atoms with Crippen LogP contribution in [0.25, 0.3) is 0 Å². The molecule has 16 heavy (non-hydrogen) atoms. The lowest BCUT2D eigenvalue weighted by molar-refractivity contribution is 0.0973. The van der Waals surface area contributed by atoms with Crippen LogP contribution in [0.4, 0.5) is 0 Å². The van der Waals surface area contributed by atoms with Gasteiger partial charge in [-0.2, -0.15) is 0 Å². The largest absolute Gasteiger partial charge is 0.472 e. The van der Waals surface area contributed by atoms with Crippen LogP contribution in [0.5, 0.6) is 0 Å². The van der Waals surface area contributed by atoms with E-state index in [1.165, 1.54) is 12.5 Å². The van der Waals surface area contributed by atoms with Crippen molar-refractivity contribution in [2.45, 2.75) is 12.5 Å². The molecule has 0 aliphatic carbocycles.